The summed E-state index contributed by atoms with van der Waals surface area (Å²) in [5, 5.41) is 28.8. The molecule has 0 aliphatic carbocycles. The lowest BCUT2D eigenvalue weighted by Gasteiger charge is -2.30. The molecule has 1 saturated heterocycles. The van der Waals surface area contributed by atoms with Crippen molar-refractivity contribution < 1.29 is 75.7 Å². The number of nitrogens with zero attached hydrogens (tertiary/aromatic N) is 3. The molecule has 0 saturated carbocycles. The summed E-state index contributed by atoms with van der Waals surface area (Å²) in [5.74, 6) is -0.701. The van der Waals surface area contributed by atoms with Gasteiger partial charge in [0.25, 0.3) is 0 Å². The molecule has 23 nitrogen and oxygen atoms in total. The highest BCUT2D eigenvalue weighted by atomic mass is 32.1. The summed E-state index contributed by atoms with van der Waals surface area (Å²) in [7, 11) is -16.3. The Morgan fingerprint density at radius 2 is 1.83 bits per heavy atom. The summed E-state index contributed by atoms with van der Waals surface area (Å²) in [6, 6.07) is 0. The van der Waals surface area contributed by atoms with E-state index >= 15 is 0 Å². The fourth-order valence-corrected chi connectivity index (χ4v) is 7.20. The minimum absolute atomic E-state index is 0.0981. The van der Waals surface area contributed by atoms with Crippen LogP contribution in [0, 0.1) is 5.41 Å². The third-order valence-corrected chi connectivity index (χ3v) is 9.99. The monoisotopic (exact) mass is 769 g/mol. The van der Waals surface area contributed by atoms with E-state index in [-0.39, 0.29) is 30.4 Å². The number of thiol groups is 1. The van der Waals surface area contributed by atoms with E-state index in [1.807, 2.05) is 0 Å². The first-order valence-corrected chi connectivity index (χ1v) is 19.0. The van der Waals surface area contributed by atoms with Crippen LogP contribution in [0.2, 0.25) is 0 Å². The molecule has 2 aliphatic heterocycles. The van der Waals surface area contributed by atoms with Crippen molar-refractivity contribution in [1.29, 1.82) is 0 Å². The summed E-state index contributed by atoms with van der Waals surface area (Å²) in [5.41, 5.74) is 4.51. The van der Waals surface area contributed by atoms with Gasteiger partial charge in [-0.15, -0.1) is 0 Å². The van der Waals surface area contributed by atoms with Gasteiger partial charge in [0.15, 0.2) is 6.23 Å². The van der Waals surface area contributed by atoms with Crippen LogP contribution in [0.25, 0.3) is 0 Å². The van der Waals surface area contributed by atoms with E-state index in [4.69, 9.17) is 19.5 Å². The van der Waals surface area contributed by atoms with Crippen LogP contribution >= 0.6 is 36.1 Å². The van der Waals surface area contributed by atoms with Gasteiger partial charge in [-0.3, -0.25) is 32.7 Å². The molecule has 0 radical (unpaired) electrons. The third-order valence-electron chi connectivity index (χ3n) is 6.66. The molecule has 27 heteroatoms. The molecule has 1 aromatic rings. The molecule has 3 rings (SSSR count). The number of phosphoric acid groups is 3. The molecule has 5 unspecified atom stereocenters. The molecule has 11 N–H and O–H groups in total. The van der Waals surface area contributed by atoms with Crippen molar-refractivity contribution in [2.24, 2.45) is 16.1 Å². The van der Waals surface area contributed by atoms with Gasteiger partial charge in [0, 0.05) is 30.7 Å². The predicted molar refractivity (Wildman–Crippen MR) is 165 cm³/mol. The van der Waals surface area contributed by atoms with Gasteiger partial charge in [0.1, 0.15) is 42.1 Å². The lowest BCUT2D eigenvalue weighted by atomic mass is 9.87. The summed E-state index contributed by atoms with van der Waals surface area (Å²) in [6.45, 7) is 0.755. The number of hydrogen-bond donors (Lipinski definition) is 11. The van der Waals surface area contributed by atoms with Crippen LogP contribution < -0.4 is 21.7 Å². The number of amides is 2. The number of nitrogens with one attached hydrogen (secondary N) is 3. The number of hydrogen-bond acceptors (Lipinski definition) is 17. The van der Waals surface area contributed by atoms with Crippen molar-refractivity contribution in [1.82, 2.24) is 20.2 Å². The molecule has 2 aliphatic rings. The minimum atomic E-state index is -5.53. The number of nitrogens with two attached hydrogens (primary N) is 1. The molecule has 0 spiro atoms. The smallest absolute Gasteiger partial charge is 0.386 e. The van der Waals surface area contributed by atoms with Crippen LogP contribution in [0.5, 0.6) is 0 Å². The van der Waals surface area contributed by atoms with Gasteiger partial charge in [-0.1, -0.05) is 13.8 Å². The van der Waals surface area contributed by atoms with Gasteiger partial charge < -0.3 is 56.2 Å². The van der Waals surface area contributed by atoms with Gasteiger partial charge in [-0.2, -0.15) is 16.9 Å². The molecule has 0 bridgehead atoms. The third kappa shape index (κ3) is 11.4. The highest BCUT2D eigenvalue weighted by Gasteiger charge is 2.50. The number of rotatable bonds is 18. The fraction of sp³-hybridized carbons (Fsp3) is 0.714. The highest BCUT2D eigenvalue weighted by Crippen LogP contribution is 2.61. The molecule has 1 fully saturated rings. The van der Waals surface area contributed by atoms with Crippen LogP contribution in [0.15, 0.2) is 11.3 Å². The second-order valence-electron chi connectivity index (χ2n) is 11.0. The van der Waals surface area contributed by atoms with Crippen LogP contribution in [-0.4, -0.2) is 114 Å². The fourth-order valence-electron chi connectivity index (χ4n) is 4.26. The highest BCUT2D eigenvalue weighted by molar-refractivity contribution is 7.80. The average Bonchev–Trinajstić information content (AvgIpc) is 3.54. The summed E-state index contributed by atoms with van der Waals surface area (Å²) in [6.07, 6.45) is -7.28. The number of ether oxygens (including phenoxy) is 1. The number of phosphoric ester groups is 3. The van der Waals surface area contributed by atoms with E-state index in [0.717, 1.165) is 0 Å². The standard InChI is InChI=1S/C21H38N7O16P3S/c1-21(2,16(31)19(32)24-4-3-12(29)23-5-6-48)8-41-47(38,39)44-46(36,37)40-7-11-15(43-45(33,34)35)14(30)20(42-11)28-10-27-13-17(22)25-9-26-18(13)28/h9-11,14-17,20,30-31,48H,3-8,22H2,1-2H3,(H,23,29)(H,24,32)(H,25,26)(H,36,37)(H,38,39)(H2,33,34,35)/t11-,14?,15+,16?,17?,20-/m0/s1. The van der Waals surface area contributed by atoms with E-state index in [1.54, 1.807) is 0 Å². The van der Waals surface area contributed by atoms with Crippen LogP contribution in [0.4, 0.5) is 5.82 Å². The minimum Gasteiger partial charge on any atom is -0.386 e. The van der Waals surface area contributed by atoms with E-state index in [2.05, 4.69) is 47.4 Å². The summed E-state index contributed by atoms with van der Waals surface area (Å²) >= 11 is 3.95. The zero-order chi connectivity index (χ0) is 36.1. The SMILES string of the molecule is CC(C)(COP(=O)(O)OP(=O)(O)OC[C@@H]1O[C@H](n2cnc3c2NC=NC3N)C(O)[C@@H]1OP(=O)(O)O)C(O)C(=O)NCCC(=O)NCCS. The van der Waals surface area contributed by atoms with Crippen molar-refractivity contribution in [3.63, 3.8) is 0 Å². The van der Waals surface area contributed by atoms with Crippen LogP contribution in [0.1, 0.15) is 38.4 Å². The number of aliphatic hydroxyl groups is 2. The van der Waals surface area contributed by atoms with Gasteiger partial charge in [-0.05, 0) is 0 Å². The number of aliphatic hydroxyl groups excluding tert-OH is 2. The van der Waals surface area contributed by atoms with E-state index in [1.165, 1.54) is 31.1 Å². The van der Waals surface area contributed by atoms with Gasteiger partial charge in [0.05, 0.1) is 25.9 Å². The largest absolute Gasteiger partial charge is 0.481 e. The second-order valence-corrected chi connectivity index (χ2v) is 15.6. The van der Waals surface area contributed by atoms with E-state index < -0.39 is 84.8 Å². The number of aliphatic imine (C=N–C) groups is 1. The Morgan fingerprint density at radius 1 is 1.17 bits per heavy atom. The average molecular weight is 770 g/mol. The van der Waals surface area contributed by atoms with Crippen LogP contribution in [0.3, 0.4) is 0 Å². The van der Waals surface area contributed by atoms with E-state index in [9.17, 15) is 53.1 Å². The molecular weight excluding hydrogens is 731 g/mol. The predicted octanol–water partition coefficient (Wildman–Crippen LogP) is -1.78. The topological polar surface area (TPSA) is 345 Å². The van der Waals surface area contributed by atoms with E-state index in [0.29, 0.717) is 12.3 Å². The lowest BCUT2D eigenvalue weighted by molar-refractivity contribution is -0.137. The molecule has 8 atom stereocenters. The van der Waals surface area contributed by atoms with Crippen LogP contribution in [-0.2, 0) is 45.9 Å². The van der Waals surface area contributed by atoms with Gasteiger partial charge in [-0.25, -0.2) is 18.7 Å². The first kappa shape index (κ1) is 40.6. The maximum absolute atomic E-state index is 12.6. The molecule has 2 amide bonds. The maximum Gasteiger partial charge on any atom is 0.481 e. The molecule has 3 heterocycles. The molecule has 1 aromatic heterocycles. The Kier molecular flexibility index (Phi) is 13.9. The maximum atomic E-state index is 12.6. The van der Waals surface area contributed by atoms with Gasteiger partial charge >= 0.3 is 23.5 Å². The lowest BCUT2D eigenvalue weighted by Crippen LogP contribution is -2.46. The number of imidazole rings is 1. The quantitative estimate of drug-likeness (QED) is 0.0580. The normalized spacial score (nSPS) is 25.8. The summed E-state index contributed by atoms with van der Waals surface area (Å²) in [4.78, 5) is 70.9. The first-order valence-electron chi connectivity index (χ1n) is 13.8. The van der Waals surface area contributed by atoms with Crippen molar-refractivity contribution in [3.05, 3.63) is 12.0 Å². The number of carbonyl (C=O) groups is 2. The second kappa shape index (κ2) is 16.5. The molecule has 48 heavy (non-hydrogen) atoms. The Hall–Kier alpha value is -1.82. The van der Waals surface area contributed by atoms with Crippen molar-refractivity contribution in [2.45, 2.75) is 57.1 Å². The first-order chi connectivity index (χ1) is 22.2. The zero-order valence-corrected chi connectivity index (χ0v) is 28.9. The number of fused-ring (bicyclic) bond motifs is 1. The summed E-state index contributed by atoms with van der Waals surface area (Å²) < 4.78 is 61.9. The number of aromatic nitrogens is 2. The van der Waals surface area contributed by atoms with Gasteiger partial charge in [0.2, 0.25) is 11.8 Å². The number of carbonyl (C=O) groups excluding carboxylic acids is 2. The number of anilines is 1. The molecular formula is C21H38N7O16P3S. The van der Waals surface area contributed by atoms with Crippen molar-refractivity contribution in [2.75, 3.05) is 37.4 Å². The van der Waals surface area contributed by atoms with Crippen molar-refractivity contribution >= 4 is 60.1 Å². The Balaban J connectivity index is 1.59. The Morgan fingerprint density at radius 3 is 2.48 bits per heavy atom. The molecule has 274 valence electrons. The Labute approximate surface area is 278 Å². The van der Waals surface area contributed by atoms with Crippen molar-refractivity contribution in [3.8, 4) is 0 Å². The Bertz CT molecular complexity index is 1480. The molecule has 0 aromatic carbocycles. The zero-order valence-electron chi connectivity index (χ0n) is 25.3.